The monoisotopic (exact) mass is 279 g/mol. The van der Waals surface area contributed by atoms with Gasteiger partial charge in [-0.2, -0.15) is 0 Å². The Labute approximate surface area is 114 Å². The molecule has 19 heavy (non-hydrogen) atoms. The molecule has 0 fully saturated rings. The number of benzene rings is 1. The van der Waals surface area contributed by atoms with Gasteiger partial charge < -0.3 is 10.6 Å². The quantitative estimate of drug-likeness (QED) is 0.904. The maximum atomic E-state index is 13.6. The predicted molar refractivity (Wildman–Crippen MR) is 73.4 cm³/mol. The van der Waals surface area contributed by atoms with Gasteiger partial charge in [0.15, 0.2) is 0 Å². The molecule has 2 aromatic rings. The average molecular weight is 279 g/mol. The average Bonchev–Trinajstić information content (AvgIpc) is 2.86. The van der Waals surface area contributed by atoms with Gasteiger partial charge in [-0.05, 0) is 19.1 Å². The lowest BCUT2D eigenvalue weighted by atomic mass is 10.2. The Hall–Kier alpha value is -1.95. The van der Waals surface area contributed by atoms with Gasteiger partial charge in [0.1, 0.15) is 10.8 Å². The summed E-state index contributed by atoms with van der Waals surface area (Å²) < 4.78 is 13.6. The zero-order chi connectivity index (χ0) is 13.7. The Kier molecular flexibility index (Phi) is 4.46. The summed E-state index contributed by atoms with van der Waals surface area (Å²) in [5, 5.41) is 7.84. The second-order valence-electron chi connectivity index (χ2n) is 3.82. The maximum absolute atomic E-state index is 13.6. The summed E-state index contributed by atoms with van der Waals surface area (Å²) in [6.07, 6.45) is 0. The van der Waals surface area contributed by atoms with Crippen LogP contribution in [0.3, 0.4) is 0 Å². The number of amides is 2. The third-order valence-electron chi connectivity index (χ3n) is 2.44. The van der Waals surface area contributed by atoms with Gasteiger partial charge in [0.05, 0.1) is 12.2 Å². The lowest BCUT2D eigenvalue weighted by Gasteiger charge is -2.03. The Morgan fingerprint density at radius 3 is 2.89 bits per heavy atom. The number of carbonyl (C=O) groups excluding carboxylic acids is 1. The molecule has 2 amide bonds. The lowest BCUT2D eigenvalue weighted by Crippen LogP contribution is -2.34. The van der Waals surface area contributed by atoms with E-state index in [-0.39, 0.29) is 11.8 Å². The van der Waals surface area contributed by atoms with E-state index in [1.807, 2.05) is 6.92 Å². The van der Waals surface area contributed by atoms with E-state index >= 15 is 0 Å². The van der Waals surface area contributed by atoms with E-state index < -0.39 is 0 Å². The molecule has 0 atom stereocenters. The fourth-order valence-corrected chi connectivity index (χ4v) is 2.30. The summed E-state index contributed by atoms with van der Waals surface area (Å²) >= 11 is 1.39. The van der Waals surface area contributed by atoms with E-state index in [2.05, 4.69) is 15.6 Å². The molecule has 0 aliphatic rings. The van der Waals surface area contributed by atoms with Gasteiger partial charge in [-0.15, -0.1) is 11.3 Å². The third kappa shape index (κ3) is 3.51. The smallest absolute Gasteiger partial charge is 0.315 e. The van der Waals surface area contributed by atoms with Gasteiger partial charge in [-0.1, -0.05) is 12.1 Å². The highest BCUT2D eigenvalue weighted by atomic mass is 32.1. The topological polar surface area (TPSA) is 54.0 Å². The number of hydrogen-bond acceptors (Lipinski definition) is 3. The van der Waals surface area contributed by atoms with Crippen molar-refractivity contribution in [2.24, 2.45) is 0 Å². The molecule has 1 aromatic carbocycles. The van der Waals surface area contributed by atoms with Gasteiger partial charge in [-0.25, -0.2) is 14.2 Å². The van der Waals surface area contributed by atoms with E-state index in [0.717, 1.165) is 5.01 Å². The molecule has 2 N–H and O–H groups in total. The van der Waals surface area contributed by atoms with Crippen LogP contribution in [0.25, 0.3) is 11.3 Å². The van der Waals surface area contributed by atoms with E-state index in [9.17, 15) is 9.18 Å². The molecule has 0 aliphatic carbocycles. The van der Waals surface area contributed by atoms with Crippen molar-refractivity contribution in [1.82, 2.24) is 15.6 Å². The summed E-state index contributed by atoms with van der Waals surface area (Å²) in [6.45, 7) is 2.76. The second-order valence-corrected chi connectivity index (χ2v) is 4.76. The van der Waals surface area contributed by atoms with Crippen molar-refractivity contribution in [2.45, 2.75) is 13.5 Å². The largest absolute Gasteiger partial charge is 0.338 e. The first-order valence-electron chi connectivity index (χ1n) is 5.91. The van der Waals surface area contributed by atoms with Crippen LogP contribution in [-0.2, 0) is 6.54 Å². The van der Waals surface area contributed by atoms with Crippen LogP contribution in [0.2, 0.25) is 0 Å². The molecule has 0 aliphatic heterocycles. The first-order valence-corrected chi connectivity index (χ1v) is 6.79. The van der Waals surface area contributed by atoms with Crippen molar-refractivity contribution < 1.29 is 9.18 Å². The molecule has 4 nitrogen and oxygen atoms in total. The molecule has 6 heteroatoms. The Bertz CT molecular complexity index is 571. The standard InChI is InChI=1S/C13H14FN3OS/c1-2-15-13(18)16-7-12-17-11(8-19-12)9-5-3-4-6-10(9)14/h3-6,8H,2,7H2,1H3,(H2,15,16,18). The number of thiazole rings is 1. The summed E-state index contributed by atoms with van der Waals surface area (Å²) in [5.74, 6) is -0.295. The van der Waals surface area contributed by atoms with Crippen LogP contribution in [0.5, 0.6) is 0 Å². The summed E-state index contributed by atoms with van der Waals surface area (Å²) in [7, 11) is 0. The van der Waals surface area contributed by atoms with Gasteiger partial charge in [0.25, 0.3) is 0 Å². The SMILES string of the molecule is CCNC(=O)NCc1nc(-c2ccccc2F)cs1. The minimum absolute atomic E-state index is 0.231. The van der Waals surface area contributed by atoms with Crippen molar-refractivity contribution in [3.05, 3.63) is 40.5 Å². The number of halogens is 1. The van der Waals surface area contributed by atoms with E-state index in [0.29, 0.717) is 24.3 Å². The number of urea groups is 1. The van der Waals surface area contributed by atoms with Crippen molar-refractivity contribution in [3.63, 3.8) is 0 Å². The van der Waals surface area contributed by atoms with Gasteiger partial charge in [0.2, 0.25) is 0 Å². The Balaban J connectivity index is 2.04. The second kappa shape index (κ2) is 6.29. The fraction of sp³-hybridized carbons (Fsp3) is 0.231. The first-order chi connectivity index (χ1) is 9.20. The molecule has 0 bridgehead atoms. The molecule has 1 heterocycles. The molecule has 100 valence electrons. The minimum atomic E-state index is -0.295. The van der Waals surface area contributed by atoms with Crippen LogP contribution >= 0.6 is 11.3 Å². The number of hydrogen-bond donors (Lipinski definition) is 2. The van der Waals surface area contributed by atoms with Crippen molar-refractivity contribution >= 4 is 17.4 Å². The fourth-order valence-electron chi connectivity index (χ4n) is 1.56. The predicted octanol–water partition coefficient (Wildman–Crippen LogP) is 2.77. The number of nitrogens with zero attached hydrogens (tertiary/aromatic N) is 1. The van der Waals surface area contributed by atoms with Gasteiger partial charge in [-0.3, -0.25) is 0 Å². The highest BCUT2D eigenvalue weighted by molar-refractivity contribution is 7.09. The normalized spacial score (nSPS) is 10.2. The van der Waals surface area contributed by atoms with Crippen LogP contribution in [0.15, 0.2) is 29.6 Å². The van der Waals surface area contributed by atoms with E-state index in [4.69, 9.17) is 0 Å². The highest BCUT2D eigenvalue weighted by Crippen LogP contribution is 2.24. The van der Waals surface area contributed by atoms with Crippen LogP contribution in [0.1, 0.15) is 11.9 Å². The first kappa shape index (κ1) is 13.5. The van der Waals surface area contributed by atoms with Gasteiger partial charge >= 0.3 is 6.03 Å². The van der Waals surface area contributed by atoms with Crippen molar-refractivity contribution in [3.8, 4) is 11.3 Å². The molecule has 0 radical (unpaired) electrons. The van der Waals surface area contributed by atoms with Crippen molar-refractivity contribution in [2.75, 3.05) is 6.54 Å². The van der Waals surface area contributed by atoms with E-state index in [1.54, 1.807) is 23.6 Å². The van der Waals surface area contributed by atoms with Crippen LogP contribution in [0.4, 0.5) is 9.18 Å². The molecule has 2 rings (SSSR count). The minimum Gasteiger partial charge on any atom is -0.338 e. The van der Waals surface area contributed by atoms with Crippen LogP contribution in [0, 0.1) is 5.82 Å². The summed E-state index contributed by atoms with van der Waals surface area (Å²) in [6, 6.07) is 6.27. The maximum Gasteiger partial charge on any atom is 0.315 e. The molecule has 0 saturated heterocycles. The molecule has 0 spiro atoms. The molecule has 0 saturated carbocycles. The molecular weight excluding hydrogens is 265 g/mol. The summed E-state index contributed by atoms with van der Waals surface area (Å²) in [5.41, 5.74) is 1.07. The molecule has 0 unspecified atom stereocenters. The number of aromatic nitrogens is 1. The zero-order valence-corrected chi connectivity index (χ0v) is 11.3. The number of rotatable bonds is 4. The molecule has 1 aromatic heterocycles. The van der Waals surface area contributed by atoms with Crippen LogP contribution < -0.4 is 10.6 Å². The van der Waals surface area contributed by atoms with Crippen molar-refractivity contribution in [1.29, 1.82) is 0 Å². The lowest BCUT2D eigenvalue weighted by molar-refractivity contribution is 0.241. The highest BCUT2D eigenvalue weighted by Gasteiger charge is 2.09. The van der Waals surface area contributed by atoms with Gasteiger partial charge in [0, 0.05) is 17.5 Å². The Morgan fingerprint density at radius 1 is 1.37 bits per heavy atom. The number of carbonyl (C=O) groups is 1. The number of nitrogens with one attached hydrogen (secondary N) is 2. The zero-order valence-electron chi connectivity index (χ0n) is 10.4. The third-order valence-corrected chi connectivity index (χ3v) is 3.29. The van der Waals surface area contributed by atoms with Crippen LogP contribution in [-0.4, -0.2) is 17.6 Å². The summed E-state index contributed by atoms with van der Waals surface area (Å²) in [4.78, 5) is 15.6. The molecular formula is C13H14FN3OS. The van der Waals surface area contributed by atoms with E-state index in [1.165, 1.54) is 17.4 Å². The Morgan fingerprint density at radius 2 is 2.16 bits per heavy atom.